The van der Waals surface area contributed by atoms with Crippen molar-refractivity contribution >= 4 is 79.1 Å². The minimum atomic E-state index is 0. The Kier molecular flexibility index (Phi) is 70.2. The van der Waals surface area contributed by atoms with Gasteiger partial charge in [0.25, 0.3) is 0 Å². The van der Waals surface area contributed by atoms with Crippen molar-refractivity contribution in [2.75, 3.05) is 0 Å². The summed E-state index contributed by atoms with van der Waals surface area (Å²) in [6, 6.07) is 0. The Balaban J connectivity index is -0.00000000500. The van der Waals surface area contributed by atoms with Gasteiger partial charge in [0.2, 0.25) is 0 Å². The normalized spacial score (nSPS) is 1.50. The maximum absolute atomic E-state index is 3.22. The molecule has 0 amide bonds. The van der Waals surface area contributed by atoms with Crippen LogP contribution in [-0.2, 0) is 0 Å². The molecule has 0 saturated carbocycles. The van der Waals surface area contributed by atoms with Crippen molar-refractivity contribution in [1.29, 1.82) is 0 Å². The van der Waals surface area contributed by atoms with Crippen LogP contribution in [0.1, 0.15) is 0 Å². The second kappa shape index (κ2) is 17.6. The van der Waals surface area contributed by atoms with Gasteiger partial charge in [0.15, 0.2) is 0 Å². The Morgan fingerprint density at radius 3 is 1.00 bits per heavy atom. The molecule has 0 aromatic rings. The van der Waals surface area contributed by atoms with Crippen LogP contribution in [0.4, 0.5) is 0 Å². The van der Waals surface area contributed by atoms with Crippen LogP contribution in [0, 0.1) is 0 Å². The van der Waals surface area contributed by atoms with Crippen LogP contribution in [-0.4, -0.2) is 55.8 Å². The van der Waals surface area contributed by atoms with Crippen LogP contribution >= 0.6 is 23.3 Å². The quantitative estimate of drug-likeness (QED) is 0.318. The fraction of sp³-hybridized carbons (Fsp3) is 0. The molecule has 24 valence electrons. The summed E-state index contributed by atoms with van der Waals surface area (Å²) in [7, 11) is 0. The van der Waals surface area contributed by atoms with Gasteiger partial charge in [0.1, 0.15) is 0 Å². The number of hydrogen-bond acceptors (Lipinski definition) is 2. The molecule has 0 aliphatic carbocycles. The first-order valence-electron chi connectivity index (χ1n) is 0.200. The van der Waals surface area contributed by atoms with Crippen LogP contribution in [0.3, 0.4) is 0 Å². The van der Waals surface area contributed by atoms with Gasteiger partial charge in [0.05, 0.1) is 0 Å². The summed E-state index contributed by atoms with van der Waals surface area (Å²) < 4.78 is 0. The second-order valence-corrected chi connectivity index (χ2v) is 0. The van der Waals surface area contributed by atoms with Crippen molar-refractivity contribution in [2.45, 2.75) is 0 Å². The first-order valence-corrected chi connectivity index (χ1v) is 1.80. The molecule has 0 fully saturated rings. The van der Waals surface area contributed by atoms with Crippen LogP contribution in [0.15, 0.2) is 0 Å². The molecule has 0 radical (unpaired) electrons. The third-order valence-corrected chi connectivity index (χ3v) is 0. The van der Waals surface area contributed by atoms with E-state index in [1.54, 1.807) is 0 Å². The average molecular weight is 302 g/mol. The van der Waals surface area contributed by atoms with E-state index in [9.17, 15) is 0 Å². The fourth-order valence-corrected chi connectivity index (χ4v) is 0. The zero-order valence-electron chi connectivity index (χ0n) is 1.60. The molecule has 0 rings (SSSR count). The SMILES string of the molecule is SS.[BiH3].[NaH]. The molecular weight excluding hydrogens is 296 g/mol. The molecule has 0 aromatic carbocycles. The van der Waals surface area contributed by atoms with E-state index in [2.05, 4.69) is 23.3 Å². The Hall–Kier alpha value is 2.58. The molecule has 0 aromatic heterocycles. The van der Waals surface area contributed by atoms with E-state index in [0.29, 0.717) is 0 Å². The summed E-state index contributed by atoms with van der Waals surface area (Å²) >= 11 is 6.44. The predicted octanol–water partition coefficient (Wildman–Crippen LogP) is -1.07. The van der Waals surface area contributed by atoms with E-state index in [1.807, 2.05) is 0 Å². The van der Waals surface area contributed by atoms with Gasteiger partial charge in [-0.05, 0) is 0 Å². The van der Waals surface area contributed by atoms with E-state index >= 15 is 0 Å². The zero-order chi connectivity index (χ0) is 2.00. The Bertz CT molecular complexity index is 6.00. The Labute approximate surface area is 77.7 Å². The van der Waals surface area contributed by atoms with Gasteiger partial charge in [-0.25, -0.2) is 0 Å². The van der Waals surface area contributed by atoms with E-state index in [1.165, 1.54) is 0 Å². The molecule has 0 nitrogen and oxygen atoms in total. The van der Waals surface area contributed by atoms with E-state index in [-0.39, 0.29) is 55.8 Å². The van der Waals surface area contributed by atoms with Gasteiger partial charge < -0.3 is 0 Å². The fourth-order valence-electron chi connectivity index (χ4n) is 0. The third kappa shape index (κ3) is 8.82. The Morgan fingerprint density at radius 2 is 1.00 bits per heavy atom. The van der Waals surface area contributed by atoms with E-state index in [0.717, 1.165) is 0 Å². The second-order valence-electron chi connectivity index (χ2n) is 0. The average Bonchev–Trinajstić information content (AvgIpc) is 1.00. The van der Waals surface area contributed by atoms with Gasteiger partial charge in [0, 0.05) is 0 Å². The van der Waals surface area contributed by atoms with Crippen LogP contribution in [0.5, 0.6) is 0 Å². The topological polar surface area (TPSA) is 0 Å². The number of rotatable bonds is 0. The molecule has 0 spiro atoms. The van der Waals surface area contributed by atoms with Gasteiger partial charge in [-0.1, -0.05) is 0 Å². The van der Waals surface area contributed by atoms with Crippen LogP contribution < -0.4 is 0 Å². The summed E-state index contributed by atoms with van der Waals surface area (Å²) in [5.41, 5.74) is 0. The summed E-state index contributed by atoms with van der Waals surface area (Å²) in [5, 5.41) is 0. The van der Waals surface area contributed by atoms with Gasteiger partial charge in [-0.2, -0.15) is 0 Å². The molecule has 0 atom stereocenters. The summed E-state index contributed by atoms with van der Waals surface area (Å²) in [6.07, 6.45) is 0. The van der Waals surface area contributed by atoms with Crippen molar-refractivity contribution in [3.63, 3.8) is 0 Å². The number of hydrogen-bond donors (Lipinski definition) is 2. The first kappa shape index (κ1) is 16.0. The third-order valence-electron chi connectivity index (χ3n) is 0. The van der Waals surface area contributed by atoms with Gasteiger partial charge in [-0.15, -0.1) is 23.3 Å². The van der Waals surface area contributed by atoms with Gasteiger partial charge in [-0.3, -0.25) is 0 Å². The van der Waals surface area contributed by atoms with Crippen molar-refractivity contribution in [3.8, 4) is 0 Å². The van der Waals surface area contributed by atoms with Crippen LogP contribution in [0.2, 0.25) is 0 Å². The van der Waals surface area contributed by atoms with Gasteiger partial charge >= 0.3 is 55.8 Å². The molecule has 4 heavy (non-hydrogen) atoms. The molecule has 0 unspecified atom stereocenters. The molecule has 0 bridgehead atoms. The molecule has 4 heteroatoms. The zero-order valence-corrected chi connectivity index (χ0v) is 8.89. The molecule has 0 aliphatic rings. The van der Waals surface area contributed by atoms with Crippen LogP contribution in [0.25, 0.3) is 0 Å². The summed E-state index contributed by atoms with van der Waals surface area (Å²) in [4.78, 5) is 0. The molecule has 0 heterocycles. The summed E-state index contributed by atoms with van der Waals surface area (Å²) in [6.45, 7) is 0. The minimum absolute atomic E-state index is 0. The molecule has 0 aliphatic heterocycles. The van der Waals surface area contributed by atoms with Crippen molar-refractivity contribution in [3.05, 3.63) is 0 Å². The van der Waals surface area contributed by atoms with Crippen molar-refractivity contribution in [2.24, 2.45) is 0 Å². The standard InChI is InChI=1S/Bi.Na.H2S2.4H/c;;1-2;;;;/h;;1-2H;;;;. The van der Waals surface area contributed by atoms with Crippen molar-refractivity contribution < 1.29 is 0 Å². The molecular formula is H6BiNaS2. The molecule has 0 saturated heterocycles. The summed E-state index contributed by atoms with van der Waals surface area (Å²) in [5.74, 6) is 0. The first-order chi connectivity index (χ1) is 1.00. The van der Waals surface area contributed by atoms with Crippen molar-refractivity contribution in [1.82, 2.24) is 0 Å². The van der Waals surface area contributed by atoms with E-state index < -0.39 is 0 Å². The maximum atomic E-state index is 3.22. The Morgan fingerprint density at radius 1 is 1.00 bits per heavy atom. The predicted molar refractivity (Wildman–Crippen MR) is 35.1 cm³/mol. The monoisotopic (exact) mass is 302 g/mol. The number of thiol groups is 2. The van der Waals surface area contributed by atoms with E-state index in [4.69, 9.17) is 0 Å². The molecule has 0 N–H and O–H groups in total.